The van der Waals surface area contributed by atoms with Gasteiger partial charge in [-0.25, -0.2) is 9.67 Å². The zero-order chi connectivity index (χ0) is 17.7. The number of nitrogens with zero attached hydrogens (tertiary/aromatic N) is 4. The van der Waals surface area contributed by atoms with Crippen LogP contribution in [-0.4, -0.2) is 51.8 Å². The van der Waals surface area contributed by atoms with Gasteiger partial charge < -0.3 is 19.5 Å². The lowest BCUT2D eigenvalue weighted by Gasteiger charge is -2.36. The largest absolute Gasteiger partial charge is 0.389 e. The summed E-state index contributed by atoms with van der Waals surface area (Å²) in [5.74, 6) is 0.932. The zero-order valence-corrected chi connectivity index (χ0v) is 15.2. The van der Waals surface area contributed by atoms with Crippen molar-refractivity contribution in [3.05, 3.63) is 17.8 Å². The first-order chi connectivity index (χ1) is 12.7. The molecule has 140 valence electrons. The quantitative estimate of drug-likeness (QED) is 0.909. The van der Waals surface area contributed by atoms with Crippen LogP contribution in [0, 0.1) is 0 Å². The van der Waals surface area contributed by atoms with E-state index < -0.39 is 6.10 Å². The second kappa shape index (κ2) is 6.48. The lowest BCUT2D eigenvalue weighted by molar-refractivity contribution is -0.0370. The van der Waals surface area contributed by atoms with Gasteiger partial charge in [-0.15, -0.1) is 0 Å². The average molecular weight is 358 g/mol. The number of fused-ring (bicyclic) bond motifs is 3. The van der Waals surface area contributed by atoms with Crippen LogP contribution in [-0.2, 0) is 9.47 Å². The number of hydrogen-bond acceptors (Lipinski definition) is 6. The van der Waals surface area contributed by atoms with Crippen molar-refractivity contribution in [2.24, 2.45) is 0 Å². The van der Waals surface area contributed by atoms with Gasteiger partial charge in [0, 0.05) is 12.0 Å². The SMILES string of the molecule is CC(O)c1cc(N2C3CCC2COC3)nc2c1cnn2C1CCCCO1. The third kappa shape index (κ3) is 2.61. The maximum atomic E-state index is 10.4. The first kappa shape index (κ1) is 16.5. The minimum absolute atomic E-state index is 0.0627. The summed E-state index contributed by atoms with van der Waals surface area (Å²) in [6.45, 7) is 4.08. The fourth-order valence-corrected chi connectivity index (χ4v) is 4.64. The van der Waals surface area contributed by atoms with Crippen molar-refractivity contribution in [1.82, 2.24) is 14.8 Å². The van der Waals surface area contributed by atoms with Crippen LogP contribution in [0.1, 0.15) is 56.9 Å². The standard InChI is InChI=1S/C19H26N4O3/c1-12(24)15-8-17(22-13-5-6-14(22)11-25-10-13)21-19-16(15)9-20-23(19)18-4-2-3-7-26-18/h8-9,12-14,18,24H,2-7,10-11H2,1H3. The van der Waals surface area contributed by atoms with Gasteiger partial charge in [-0.3, -0.25) is 0 Å². The van der Waals surface area contributed by atoms with Crippen molar-refractivity contribution in [2.45, 2.75) is 63.4 Å². The van der Waals surface area contributed by atoms with Crippen LogP contribution in [0.25, 0.3) is 11.0 Å². The predicted octanol–water partition coefficient (Wildman–Crippen LogP) is 2.55. The first-order valence-electron chi connectivity index (χ1n) is 9.76. The summed E-state index contributed by atoms with van der Waals surface area (Å²) in [5, 5.41) is 15.9. The lowest BCUT2D eigenvalue weighted by Crippen LogP contribution is -2.46. The molecule has 2 bridgehead atoms. The van der Waals surface area contributed by atoms with Crippen LogP contribution in [0.5, 0.6) is 0 Å². The number of pyridine rings is 1. The molecule has 5 heterocycles. The van der Waals surface area contributed by atoms with E-state index in [1.165, 1.54) is 0 Å². The minimum atomic E-state index is -0.567. The monoisotopic (exact) mass is 358 g/mol. The van der Waals surface area contributed by atoms with E-state index in [-0.39, 0.29) is 6.23 Å². The maximum absolute atomic E-state index is 10.4. The second-order valence-electron chi connectivity index (χ2n) is 7.72. The van der Waals surface area contributed by atoms with Gasteiger partial charge in [0.2, 0.25) is 0 Å². The van der Waals surface area contributed by atoms with Crippen LogP contribution in [0.2, 0.25) is 0 Å². The van der Waals surface area contributed by atoms with Gasteiger partial charge in [0.1, 0.15) is 5.82 Å². The molecule has 3 saturated heterocycles. The van der Waals surface area contributed by atoms with Crippen molar-refractivity contribution < 1.29 is 14.6 Å². The maximum Gasteiger partial charge on any atom is 0.163 e. The molecule has 3 aliphatic rings. The van der Waals surface area contributed by atoms with E-state index in [9.17, 15) is 5.11 Å². The minimum Gasteiger partial charge on any atom is -0.389 e. The van der Waals surface area contributed by atoms with Gasteiger partial charge in [-0.2, -0.15) is 5.10 Å². The molecule has 7 nitrogen and oxygen atoms in total. The van der Waals surface area contributed by atoms with Gasteiger partial charge in [0.25, 0.3) is 0 Å². The molecule has 5 rings (SSSR count). The Balaban J connectivity index is 1.62. The molecule has 0 amide bonds. The summed E-state index contributed by atoms with van der Waals surface area (Å²) in [7, 11) is 0. The molecule has 2 aromatic rings. The molecule has 0 radical (unpaired) electrons. The summed E-state index contributed by atoms with van der Waals surface area (Å²) in [4.78, 5) is 7.39. The molecule has 7 heteroatoms. The Labute approximate surface area is 152 Å². The van der Waals surface area contributed by atoms with Gasteiger partial charge in [-0.05, 0) is 50.7 Å². The Morgan fingerprint density at radius 3 is 2.69 bits per heavy atom. The number of aromatic nitrogens is 3. The van der Waals surface area contributed by atoms with E-state index in [1.807, 2.05) is 16.9 Å². The number of ether oxygens (including phenoxy) is 2. The van der Waals surface area contributed by atoms with Crippen LogP contribution in [0.3, 0.4) is 0 Å². The molecule has 4 atom stereocenters. The Morgan fingerprint density at radius 1 is 1.19 bits per heavy atom. The number of aliphatic hydroxyl groups excluding tert-OH is 1. The molecule has 4 unspecified atom stereocenters. The number of aliphatic hydroxyl groups is 1. The first-order valence-corrected chi connectivity index (χ1v) is 9.76. The number of rotatable bonds is 3. The van der Waals surface area contributed by atoms with E-state index in [0.717, 1.165) is 74.3 Å². The molecule has 26 heavy (non-hydrogen) atoms. The summed E-state index contributed by atoms with van der Waals surface area (Å²) in [6.07, 6.45) is 6.66. The van der Waals surface area contributed by atoms with Gasteiger partial charge in [-0.1, -0.05) is 0 Å². The normalized spacial score (nSPS) is 30.1. The zero-order valence-electron chi connectivity index (χ0n) is 15.2. The third-order valence-corrected chi connectivity index (χ3v) is 5.97. The van der Waals surface area contributed by atoms with E-state index >= 15 is 0 Å². The van der Waals surface area contributed by atoms with E-state index in [2.05, 4.69) is 10.00 Å². The van der Waals surface area contributed by atoms with Crippen molar-refractivity contribution in [1.29, 1.82) is 0 Å². The topological polar surface area (TPSA) is 72.6 Å². The fraction of sp³-hybridized carbons (Fsp3) is 0.684. The van der Waals surface area contributed by atoms with Crippen LogP contribution < -0.4 is 4.90 Å². The highest BCUT2D eigenvalue weighted by molar-refractivity contribution is 5.81. The highest BCUT2D eigenvalue weighted by Gasteiger charge is 2.38. The summed E-state index contributed by atoms with van der Waals surface area (Å²) >= 11 is 0. The van der Waals surface area contributed by atoms with E-state index in [1.54, 1.807) is 6.92 Å². The highest BCUT2D eigenvalue weighted by Crippen LogP contribution is 2.37. The molecule has 1 N–H and O–H groups in total. The number of anilines is 1. The molecular weight excluding hydrogens is 332 g/mol. The highest BCUT2D eigenvalue weighted by atomic mass is 16.5. The van der Waals surface area contributed by atoms with Gasteiger partial charge in [0.05, 0.1) is 37.6 Å². The van der Waals surface area contributed by atoms with Crippen LogP contribution in [0.15, 0.2) is 12.3 Å². The lowest BCUT2D eigenvalue weighted by atomic mass is 10.1. The third-order valence-electron chi connectivity index (χ3n) is 5.97. The van der Waals surface area contributed by atoms with Crippen LogP contribution >= 0.6 is 0 Å². The van der Waals surface area contributed by atoms with Crippen molar-refractivity contribution in [3.8, 4) is 0 Å². The molecule has 3 aliphatic heterocycles. The molecule has 0 spiro atoms. The van der Waals surface area contributed by atoms with Crippen molar-refractivity contribution in [2.75, 3.05) is 24.7 Å². The van der Waals surface area contributed by atoms with Crippen molar-refractivity contribution >= 4 is 16.9 Å². The smallest absolute Gasteiger partial charge is 0.163 e. The fourth-order valence-electron chi connectivity index (χ4n) is 4.64. The molecule has 0 aliphatic carbocycles. The summed E-state index contributed by atoms with van der Waals surface area (Å²) in [6, 6.07) is 2.79. The number of hydrogen-bond donors (Lipinski definition) is 1. The summed E-state index contributed by atoms with van der Waals surface area (Å²) in [5.41, 5.74) is 1.70. The van der Waals surface area contributed by atoms with E-state index in [0.29, 0.717) is 12.1 Å². The number of morpholine rings is 1. The molecule has 2 aromatic heterocycles. The van der Waals surface area contributed by atoms with Gasteiger partial charge in [0.15, 0.2) is 11.9 Å². The van der Waals surface area contributed by atoms with Crippen LogP contribution in [0.4, 0.5) is 5.82 Å². The van der Waals surface area contributed by atoms with E-state index in [4.69, 9.17) is 14.5 Å². The Hall–Kier alpha value is -1.70. The second-order valence-corrected chi connectivity index (χ2v) is 7.72. The average Bonchev–Trinajstić information content (AvgIpc) is 3.19. The van der Waals surface area contributed by atoms with Crippen molar-refractivity contribution in [3.63, 3.8) is 0 Å². The molecule has 0 saturated carbocycles. The predicted molar refractivity (Wildman–Crippen MR) is 97.1 cm³/mol. The molecular formula is C19H26N4O3. The van der Waals surface area contributed by atoms with Gasteiger partial charge >= 0.3 is 0 Å². The Morgan fingerprint density at radius 2 is 2.00 bits per heavy atom. The Bertz CT molecular complexity index is 783. The summed E-state index contributed by atoms with van der Waals surface area (Å²) < 4.78 is 13.6. The molecule has 0 aromatic carbocycles. The Kier molecular flexibility index (Phi) is 4.10. The molecule has 3 fully saturated rings.